The molecule has 2 aromatic carbocycles. The summed E-state index contributed by atoms with van der Waals surface area (Å²) in [6.07, 6.45) is 2.25. The summed E-state index contributed by atoms with van der Waals surface area (Å²) in [6, 6.07) is 16.1. The summed E-state index contributed by atoms with van der Waals surface area (Å²) in [5.74, 6) is 0.705. The first kappa shape index (κ1) is 18.8. The van der Waals surface area contributed by atoms with E-state index in [-0.39, 0.29) is 12.0 Å². The Morgan fingerprint density at radius 3 is 2.68 bits per heavy atom. The van der Waals surface area contributed by atoms with Crippen molar-refractivity contribution in [3.63, 3.8) is 0 Å². The summed E-state index contributed by atoms with van der Waals surface area (Å²) in [7, 11) is 0. The maximum Gasteiger partial charge on any atom is 0.257 e. The van der Waals surface area contributed by atoms with Gasteiger partial charge in [0.1, 0.15) is 12.4 Å². The number of piperazine rings is 1. The lowest BCUT2D eigenvalue weighted by atomic mass is 10.1. The molecule has 4 rings (SSSR count). The van der Waals surface area contributed by atoms with Gasteiger partial charge in [-0.25, -0.2) is 0 Å². The van der Waals surface area contributed by atoms with Gasteiger partial charge in [0.05, 0.1) is 11.7 Å². The van der Waals surface area contributed by atoms with Gasteiger partial charge in [0.15, 0.2) is 0 Å². The first-order chi connectivity index (χ1) is 13.7. The molecule has 2 aliphatic heterocycles. The van der Waals surface area contributed by atoms with Crippen molar-refractivity contribution in [2.45, 2.75) is 25.9 Å². The van der Waals surface area contributed by atoms with E-state index in [1.807, 2.05) is 29.2 Å². The van der Waals surface area contributed by atoms with Gasteiger partial charge in [-0.2, -0.15) is 0 Å². The molecule has 0 N–H and O–H groups in total. The average molecular weight is 380 g/mol. The molecule has 0 aliphatic carbocycles. The smallest absolute Gasteiger partial charge is 0.257 e. The van der Waals surface area contributed by atoms with Gasteiger partial charge in [-0.15, -0.1) is 0 Å². The van der Waals surface area contributed by atoms with Gasteiger partial charge in [0, 0.05) is 38.5 Å². The molecule has 0 radical (unpaired) electrons. The normalized spacial score (nSPS) is 19.7. The number of carbonyl (C=O) groups excluding carboxylic acids is 1. The fourth-order valence-corrected chi connectivity index (χ4v) is 3.89. The number of aryl methyl sites for hydroxylation is 1. The molecule has 0 spiro atoms. The Morgan fingerprint density at radius 2 is 1.93 bits per heavy atom. The number of amides is 1. The zero-order valence-corrected chi connectivity index (χ0v) is 16.5. The minimum atomic E-state index is 0.0480. The number of benzene rings is 2. The van der Waals surface area contributed by atoms with Crippen molar-refractivity contribution in [1.82, 2.24) is 4.90 Å². The Labute approximate surface area is 166 Å². The highest BCUT2D eigenvalue weighted by Gasteiger charge is 2.25. The third kappa shape index (κ3) is 4.30. The van der Waals surface area contributed by atoms with Gasteiger partial charge in [-0.05, 0) is 49.6 Å². The first-order valence-corrected chi connectivity index (χ1v) is 10.1. The predicted molar refractivity (Wildman–Crippen MR) is 110 cm³/mol. The van der Waals surface area contributed by atoms with E-state index >= 15 is 0 Å². The van der Waals surface area contributed by atoms with Crippen molar-refractivity contribution in [3.8, 4) is 5.75 Å². The van der Waals surface area contributed by atoms with E-state index in [1.54, 1.807) is 0 Å². The van der Waals surface area contributed by atoms with Crippen LogP contribution in [0.15, 0.2) is 48.5 Å². The molecule has 0 bridgehead atoms. The van der Waals surface area contributed by atoms with Crippen LogP contribution in [0.5, 0.6) is 5.75 Å². The molecular weight excluding hydrogens is 352 g/mol. The van der Waals surface area contributed by atoms with Crippen molar-refractivity contribution in [2.24, 2.45) is 0 Å². The molecule has 2 saturated heterocycles. The number of hydrogen-bond donors (Lipinski definition) is 0. The van der Waals surface area contributed by atoms with E-state index < -0.39 is 0 Å². The largest absolute Gasteiger partial charge is 0.490 e. The lowest BCUT2D eigenvalue weighted by molar-refractivity contribution is 0.0648. The third-order valence-electron chi connectivity index (χ3n) is 5.50. The molecule has 2 aliphatic rings. The molecule has 2 fully saturated rings. The number of nitrogens with zero attached hydrogens (tertiary/aromatic N) is 2. The van der Waals surface area contributed by atoms with E-state index in [4.69, 9.17) is 9.47 Å². The average Bonchev–Trinajstić information content (AvgIpc) is 3.26. The van der Waals surface area contributed by atoms with Crippen LogP contribution in [0.25, 0.3) is 0 Å². The molecule has 5 nitrogen and oxygen atoms in total. The van der Waals surface area contributed by atoms with Gasteiger partial charge >= 0.3 is 0 Å². The van der Waals surface area contributed by atoms with Gasteiger partial charge < -0.3 is 19.3 Å². The topological polar surface area (TPSA) is 42.0 Å². The number of ether oxygens (including phenoxy) is 2. The summed E-state index contributed by atoms with van der Waals surface area (Å²) in [4.78, 5) is 17.4. The van der Waals surface area contributed by atoms with Crippen molar-refractivity contribution in [3.05, 3.63) is 59.7 Å². The molecule has 28 heavy (non-hydrogen) atoms. The van der Waals surface area contributed by atoms with Gasteiger partial charge in [0.25, 0.3) is 5.91 Å². The second kappa shape index (κ2) is 8.65. The fourth-order valence-electron chi connectivity index (χ4n) is 3.89. The second-order valence-electron chi connectivity index (χ2n) is 7.56. The Kier molecular flexibility index (Phi) is 5.81. The monoisotopic (exact) mass is 380 g/mol. The van der Waals surface area contributed by atoms with E-state index in [1.165, 1.54) is 11.3 Å². The van der Waals surface area contributed by atoms with E-state index in [9.17, 15) is 4.79 Å². The van der Waals surface area contributed by atoms with Crippen molar-refractivity contribution < 1.29 is 14.3 Å². The molecule has 1 amide bonds. The van der Waals surface area contributed by atoms with E-state index in [0.717, 1.165) is 32.5 Å². The molecule has 0 saturated carbocycles. The van der Waals surface area contributed by atoms with Crippen LogP contribution < -0.4 is 9.64 Å². The summed E-state index contributed by atoms with van der Waals surface area (Å²) >= 11 is 0. The molecular formula is C23H28N2O3. The van der Waals surface area contributed by atoms with Crippen LogP contribution in [0, 0.1) is 6.92 Å². The molecule has 148 valence electrons. The van der Waals surface area contributed by atoms with Gasteiger partial charge in [-0.3, -0.25) is 4.79 Å². The van der Waals surface area contributed by atoms with Crippen LogP contribution in [0.2, 0.25) is 0 Å². The highest BCUT2D eigenvalue weighted by atomic mass is 16.5. The summed E-state index contributed by atoms with van der Waals surface area (Å²) in [5, 5.41) is 0. The Morgan fingerprint density at radius 1 is 1.11 bits per heavy atom. The molecule has 1 atom stereocenters. The Hall–Kier alpha value is -2.53. The van der Waals surface area contributed by atoms with Crippen LogP contribution in [-0.2, 0) is 4.74 Å². The lowest BCUT2D eigenvalue weighted by Crippen LogP contribution is -2.48. The summed E-state index contributed by atoms with van der Waals surface area (Å²) in [5.41, 5.74) is 3.13. The Balaban J connectivity index is 1.38. The maximum absolute atomic E-state index is 13.1. The molecule has 1 unspecified atom stereocenters. The van der Waals surface area contributed by atoms with Gasteiger partial charge in [-0.1, -0.05) is 24.3 Å². The van der Waals surface area contributed by atoms with Crippen LogP contribution in [0.4, 0.5) is 5.69 Å². The molecule has 5 heteroatoms. The zero-order chi connectivity index (χ0) is 19.3. The number of rotatable bonds is 5. The quantitative estimate of drug-likeness (QED) is 0.796. The second-order valence-corrected chi connectivity index (χ2v) is 7.56. The maximum atomic E-state index is 13.1. The SMILES string of the molecule is Cc1cccc(N2CCN(C(=O)c3ccccc3OCC3CCCO3)CC2)c1. The highest BCUT2D eigenvalue weighted by molar-refractivity contribution is 5.97. The molecule has 0 aromatic heterocycles. The van der Waals surface area contributed by atoms with Crippen molar-refractivity contribution in [2.75, 3.05) is 44.3 Å². The molecule has 2 aromatic rings. The van der Waals surface area contributed by atoms with E-state index in [2.05, 4.69) is 36.1 Å². The van der Waals surface area contributed by atoms with E-state index in [0.29, 0.717) is 31.0 Å². The van der Waals surface area contributed by atoms with Crippen LogP contribution in [0.3, 0.4) is 0 Å². The summed E-state index contributed by atoms with van der Waals surface area (Å²) in [6.45, 7) is 6.53. The predicted octanol–water partition coefficient (Wildman–Crippen LogP) is 3.52. The first-order valence-electron chi connectivity index (χ1n) is 10.1. The van der Waals surface area contributed by atoms with Crippen molar-refractivity contribution >= 4 is 11.6 Å². The van der Waals surface area contributed by atoms with Crippen molar-refractivity contribution in [1.29, 1.82) is 0 Å². The number of carbonyl (C=O) groups is 1. The molecule has 2 heterocycles. The summed E-state index contributed by atoms with van der Waals surface area (Å²) < 4.78 is 11.6. The Bertz CT molecular complexity index is 809. The van der Waals surface area contributed by atoms with Crippen LogP contribution in [0.1, 0.15) is 28.8 Å². The highest BCUT2D eigenvalue weighted by Crippen LogP contribution is 2.24. The standard InChI is InChI=1S/C23H28N2O3/c1-18-6-4-7-19(16-18)24-11-13-25(14-12-24)23(26)21-9-2-3-10-22(21)28-17-20-8-5-15-27-20/h2-4,6-7,9-10,16,20H,5,8,11-15,17H2,1H3. The lowest BCUT2D eigenvalue weighted by Gasteiger charge is -2.36. The minimum Gasteiger partial charge on any atom is -0.490 e. The minimum absolute atomic E-state index is 0.0480. The third-order valence-corrected chi connectivity index (χ3v) is 5.50. The number of hydrogen-bond acceptors (Lipinski definition) is 4. The zero-order valence-electron chi connectivity index (χ0n) is 16.5. The van der Waals surface area contributed by atoms with Crippen LogP contribution >= 0.6 is 0 Å². The number of para-hydroxylation sites is 1. The van der Waals surface area contributed by atoms with Gasteiger partial charge in [0.2, 0.25) is 0 Å². The van der Waals surface area contributed by atoms with Crippen LogP contribution in [-0.4, -0.2) is 56.3 Å². The number of anilines is 1. The fraction of sp³-hybridized carbons (Fsp3) is 0.435.